The normalized spacial score (nSPS) is 11.6. The smallest absolute Gasteiger partial charge is 0.344 e. The van der Waals surface area contributed by atoms with Gasteiger partial charge in [0, 0.05) is 0 Å². The zero-order valence-corrected chi connectivity index (χ0v) is 8.71. The number of ether oxygens (including phenoxy) is 1. The van der Waals surface area contributed by atoms with E-state index in [1.165, 1.54) is 6.92 Å². The number of carbonyl (C=O) groups excluding carboxylic acids is 2. The minimum atomic E-state index is -1.23. The van der Waals surface area contributed by atoms with Crippen molar-refractivity contribution in [3.05, 3.63) is 0 Å². The molecule has 0 aliphatic carbocycles. The quantitative estimate of drug-likeness (QED) is 0.524. The molecule has 0 rings (SSSR count). The maximum atomic E-state index is 10.9. The van der Waals surface area contributed by atoms with Gasteiger partial charge in [0.2, 0.25) is 0 Å². The molecule has 7 heteroatoms. The van der Waals surface area contributed by atoms with Gasteiger partial charge >= 0.3 is 17.9 Å². The molecule has 0 saturated heterocycles. The summed E-state index contributed by atoms with van der Waals surface area (Å²) >= 11 is 0. The van der Waals surface area contributed by atoms with E-state index < -0.39 is 24.0 Å². The summed E-state index contributed by atoms with van der Waals surface area (Å²) in [6, 6.07) is 0. The zero-order valence-electron chi connectivity index (χ0n) is 7.56. The Hall–Kier alpha value is -1.16. The van der Waals surface area contributed by atoms with Crippen LogP contribution in [0, 0.1) is 0 Å². The molecule has 0 aliphatic heterocycles. The molecule has 0 bridgehead atoms. The van der Waals surface area contributed by atoms with Gasteiger partial charge in [-0.15, -0.1) is 0 Å². The first-order valence-electron chi connectivity index (χ1n) is 3.79. The highest BCUT2D eigenvalue weighted by Gasteiger charge is 2.16. The van der Waals surface area contributed by atoms with Gasteiger partial charge < -0.3 is 14.4 Å². The maximum absolute atomic E-state index is 10.9. The molecule has 2 atom stereocenters. The Morgan fingerprint density at radius 3 is 2.21 bits per heavy atom. The van der Waals surface area contributed by atoms with Crippen LogP contribution < -0.4 is 0 Å². The van der Waals surface area contributed by atoms with Crippen molar-refractivity contribution in [3.8, 4) is 0 Å². The third-order valence-corrected chi connectivity index (χ3v) is 1.58. The molecule has 1 unspecified atom stereocenters. The lowest BCUT2D eigenvalue weighted by molar-refractivity contribution is -0.163. The molecule has 0 saturated carbocycles. The Morgan fingerprint density at radius 1 is 1.29 bits per heavy atom. The van der Waals surface area contributed by atoms with Crippen molar-refractivity contribution >= 4 is 27.4 Å². The summed E-state index contributed by atoms with van der Waals surface area (Å²) in [5.74, 6) is -2.54. The minimum Gasteiger partial charge on any atom is -0.479 e. The van der Waals surface area contributed by atoms with Crippen LogP contribution in [0.2, 0.25) is 0 Å². The molecule has 0 fully saturated rings. The van der Waals surface area contributed by atoms with Crippen molar-refractivity contribution in [3.63, 3.8) is 0 Å². The summed E-state index contributed by atoms with van der Waals surface area (Å²) in [4.78, 5) is 31.7. The van der Waals surface area contributed by atoms with Crippen molar-refractivity contribution < 1.29 is 28.8 Å². The molecule has 6 nitrogen and oxygen atoms in total. The second-order valence-corrected chi connectivity index (χ2v) is 2.70. The van der Waals surface area contributed by atoms with E-state index in [9.17, 15) is 14.4 Å². The number of aliphatic carboxylic acids is 1. The Labute approximate surface area is 82.9 Å². The number of carbonyl (C=O) groups is 3. The summed E-state index contributed by atoms with van der Waals surface area (Å²) < 4.78 is 8.66. The molecule has 0 aromatic heterocycles. The average Bonchev–Trinajstić information content (AvgIpc) is 2.13. The van der Waals surface area contributed by atoms with E-state index in [4.69, 9.17) is 5.11 Å². The fourth-order valence-electron chi connectivity index (χ4n) is 0.570. The van der Waals surface area contributed by atoms with E-state index in [0.717, 1.165) is 0 Å². The largest absolute Gasteiger partial charge is 0.479 e. The SMILES string of the molecule is C[C@H](OC(=O)CCC(=O)OP)C(=O)O. The van der Waals surface area contributed by atoms with Crippen LogP contribution >= 0.6 is 9.47 Å². The Kier molecular flexibility index (Phi) is 5.79. The summed E-state index contributed by atoms with van der Waals surface area (Å²) in [6.07, 6.45) is -1.52. The molecule has 0 heterocycles. The van der Waals surface area contributed by atoms with Crippen molar-refractivity contribution in [2.24, 2.45) is 0 Å². The van der Waals surface area contributed by atoms with Gasteiger partial charge in [0.25, 0.3) is 0 Å². The first-order chi connectivity index (χ1) is 6.47. The summed E-state index contributed by atoms with van der Waals surface area (Å²) in [5, 5.41) is 8.38. The van der Waals surface area contributed by atoms with E-state index in [2.05, 4.69) is 9.26 Å². The summed E-state index contributed by atoms with van der Waals surface area (Å²) in [5.41, 5.74) is 0. The van der Waals surface area contributed by atoms with E-state index in [1.54, 1.807) is 9.47 Å². The monoisotopic (exact) mass is 222 g/mol. The number of hydrogen-bond donors (Lipinski definition) is 1. The van der Waals surface area contributed by atoms with Crippen LogP contribution in [0.1, 0.15) is 19.8 Å². The van der Waals surface area contributed by atoms with E-state index in [1.807, 2.05) is 0 Å². The van der Waals surface area contributed by atoms with E-state index >= 15 is 0 Å². The first kappa shape index (κ1) is 12.8. The fraction of sp³-hybridized carbons (Fsp3) is 0.571. The number of carboxylic acid groups (broad SMARTS) is 1. The van der Waals surface area contributed by atoms with Crippen LogP contribution in [-0.2, 0) is 23.6 Å². The lowest BCUT2D eigenvalue weighted by Gasteiger charge is -2.07. The van der Waals surface area contributed by atoms with Gasteiger partial charge in [-0.1, -0.05) is 0 Å². The lowest BCUT2D eigenvalue weighted by Crippen LogP contribution is -2.23. The van der Waals surface area contributed by atoms with Crippen LogP contribution in [0.15, 0.2) is 0 Å². The second kappa shape index (κ2) is 6.32. The van der Waals surface area contributed by atoms with Crippen molar-refractivity contribution in [2.75, 3.05) is 0 Å². The lowest BCUT2D eigenvalue weighted by atomic mass is 10.3. The standard InChI is InChI=1S/C7H11O6P/c1-4(7(10)11)12-5(8)2-3-6(9)13-14/h4H,2-3,14H2,1H3,(H,10,11)/t4-/m0/s1. The van der Waals surface area contributed by atoms with Gasteiger partial charge in [-0.3, -0.25) is 9.59 Å². The van der Waals surface area contributed by atoms with Crippen molar-refractivity contribution in [2.45, 2.75) is 25.9 Å². The summed E-state index contributed by atoms with van der Waals surface area (Å²) in [6.45, 7) is 1.23. The van der Waals surface area contributed by atoms with Crippen LogP contribution in [-0.4, -0.2) is 29.1 Å². The number of carboxylic acids is 1. The Morgan fingerprint density at radius 2 is 1.79 bits per heavy atom. The number of esters is 1. The molecule has 80 valence electrons. The van der Waals surface area contributed by atoms with Gasteiger partial charge in [0.05, 0.1) is 22.3 Å². The molecule has 1 N–H and O–H groups in total. The topological polar surface area (TPSA) is 89.9 Å². The summed E-state index contributed by atoms with van der Waals surface area (Å²) in [7, 11) is 1.75. The van der Waals surface area contributed by atoms with E-state index in [0.29, 0.717) is 0 Å². The van der Waals surface area contributed by atoms with Crippen molar-refractivity contribution in [1.29, 1.82) is 0 Å². The van der Waals surface area contributed by atoms with Gasteiger partial charge in [-0.2, -0.15) is 0 Å². The first-order valence-corrected chi connectivity index (χ1v) is 4.26. The molecule has 0 amide bonds. The van der Waals surface area contributed by atoms with Crippen LogP contribution in [0.3, 0.4) is 0 Å². The predicted molar refractivity (Wildman–Crippen MR) is 48.2 cm³/mol. The number of hydrogen-bond acceptors (Lipinski definition) is 5. The molecule has 0 radical (unpaired) electrons. The Bertz CT molecular complexity index is 238. The molecule has 0 aromatic carbocycles. The second-order valence-electron chi connectivity index (χ2n) is 2.46. The van der Waals surface area contributed by atoms with Crippen molar-refractivity contribution in [1.82, 2.24) is 0 Å². The maximum Gasteiger partial charge on any atom is 0.344 e. The van der Waals surface area contributed by atoms with E-state index in [-0.39, 0.29) is 12.8 Å². The predicted octanol–water partition coefficient (Wildman–Crippen LogP) is 0.116. The molecule has 0 spiro atoms. The van der Waals surface area contributed by atoms with Crippen LogP contribution in [0.5, 0.6) is 0 Å². The average molecular weight is 222 g/mol. The third kappa shape index (κ3) is 5.48. The van der Waals surface area contributed by atoms with Crippen LogP contribution in [0.4, 0.5) is 0 Å². The molecule has 14 heavy (non-hydrogen) atoms. The Balaban J connectivity index is 3.76. The van der Waals surface area contributed by atoms with Gasteiger partial charge in [0.1, 0.15) is 0 Å². The fourth-order valence-corrected chi connectivity index (χ4v) is 0.687. The highest BCUT2D eigenvalue weighted by atomic mass is 31.0. The highest BCUT2D eigenvalue weighted by molar-refractivity contribution is 7.10. The molecule has 0 aromatic rings. The number of rotatable bonds is 5. The highest BCUT2D eigenvalue weighted by Crippen LogP contribution is 2.01. The van der Waals surface area contributed by atoms with Crippen LogP contribution in [0.25, 0.3) is 0 Å². The van der Waals surface area contributed by atoms with Gasteiger partial charge in [-0.05, 0) is 6.92 Å². The van der Waals surface area contributed by atoms with Gasteiger partial charge in [-0.25, -0.2) is 4.79 Å². The zero-order chi connectivity index (χ0) is 11.1. The molecular formula is C7H11O6P. The molecular weight excluding hydrogens is 211 g/mol. The minimum absolute atomic E-state index is 0.130. The third-order valence-electron chi connectivity index (χ3n) is 1.32. The molecule has 0 aliphatic rings. The van der Waals surface area contributed by atoms with Gasteiger partial charge in [0.15, 0.2) is 6.10 Å².